The van der Waals surface area contributed by atoms with Crippen molar-refractivity contribution < 1.29 is 9.90 Å². The quantitative estimate of drug-likeness (QED) is 0.768. The van der Waals surface area contributed by atoms with Gasteiger partial charge in [0.1, 0.15) is 16.6 Å². The first-order valence-electron chi connectivity index (χ1n) is 5.94. The number of fused-ring (bicyclic) bond motifs is 1. The molecule has 0 aliphatic carbocycles. The Hall–Kier alpha value is -2.25. The van der Waals surface area contributed by atoms with Crippen LogP contribution < -0.4 is 5.32 Å². The van der Waals surface area contributed by atoms with Gasteiger partial charge in [0, 0.05) is 11.9 Å². The van der Waals surface area contributed by atoms with Crippen molar-refractivity contribution in [1.82, 2.24) is 13.7 Å². The van der Waals surface area contributed by atoms with Crippen LogP contribution in [0.5, 0.6) is 0 Å². The summed E-state index contributed by atoms with van der Waals surface area (Å²) in [4.78, 5) is 15.3. The second-order valence-electron chi connectivity index (χ2n) is 4.36. The minimum Gasteiger partial charge on any atom is -0.478 e. The smallest absolute Gasteiger partial charge is 0.339 e. The monoisotopic (exact) mass is 320 g/mol. The van der Waals surface area contributed by atoms with E-state index in [2.05, 4.69) is 19.0 Å². The molecule has 0 fully saturated rings. The lowest BCUT2D eigenvalue weighted by Gasteiger charge is -2.11. The van der Waals surface area contributed by atoms with Crippen LogP contribution in [0.15, 0.2) is 24.4 Å². The Bertz CT molecular complexity index is 849. The number of aromatic carboxylic acids is 1. The van der Waals surface area contributed by atoms with E-state index < -0.39 is 5.97 Å². The van der Waals surface area contributed by atoms with Gasteiger partial charge in [-0.05, 0) is 25.1 Å². The summed E-state index contributed by atoms with van der Waals surface area (Å²) in [6.07, 6.45) is 1.31. The molecule has 21 heavy (non-hydrogen) atoms. The van der Waals surface area contributed by atoms with E-state index >= 15 is 0 Å². The molecular formula is C13H9ClN4O2S. The predicted octanol–water partition coefficient (Wildman–Crippen LogP) is 3.49. The molecule has 0 unspecified atom stereocenters. The number of pyridine rings is 1. The number of rotatable bonds is 3. The van der Waals surface area contributed by atoms with Gasteiger partial charge in [-0.25, -0.2) is 4.79 Å². The second-order valence-corrected chi connectivity index (χ2v) is 5.29. The minimum atomic E-state index is -1.07. The van der Waals surface area contributed by atoms with Crippen molar-refractivity contribution in [2.24, 2.45) is 0 Å². The van der Waals surface area contributed by atoms with Crippen LogP contribution in [0, 0.1) is 6.92 Å². The summed E-state index contributed by atoms with van der Waals surface area (Å²) in [7, 11) is 0. The van der Waals surface area contributed by atoms with Crippen LogP contribution in [0.25, 0.3) is 11.0 Å². The minimum absolute atomic E-state index is 0.0665. The Morgan fingerprint density at radius 1 is 1.38 bits per heavy atom. The maximum atomic E-state index is 11.3. The zero-order chi connectivity index (χ0) is 15.0. The van der Waals surface area contributed by atoms with Gasteiger partial charge in [0.25, 0.3) is 0 Å². The number of halogens is 1. The number of aromatic nitrogens is 3. The Labute approximate surface area is 128 Å². The first-order chi connectivity index (χ1) is 10.1. The molecule has 2 heterocycles. The molecule has 106 valence electrons. The topological polar surface area (TPSA) is 88.0 Å². The summed E-state index contributed by atoms with van der Waals surface area (Å²) >= 11 is 7.27. The number of carbonyl (C=O) groups is 1. The summed E-state index contributed by atoms with van der Waals surface area (Å²) in [6, 6.07) is 5.11. The third-order valence-corrected chi connectivity index (χ3v) is 3.77. The maximum absolute atomic E-state index is 11.3. The van der Waals surface area contributed by atoms with E-state index in [1.807, 2.05) is 0 Å². The van der Waals surface area contributed by atoms with Crippen molar-refractivity contribution >= 4 is 51.7 Å². The molecule has 3 rings (SSSR count). The van der Waals surface area contributed by atoms with Crippen LogP contribution in [0.4, 0.5) is 11.4 Å². The zero-order valence-corrected chi connectivity index (χ0v) is 12.4. The molecule has 1 aromatic carbocycles. The molecule has 0 saturated heterocycles. The van der Waals surface area contributed by atoms with Crippen LogP contribution in [0.1, 0.15) is 16.1 Å². The molecule has 0 spiro atoms. The molecule has 3 aromatic rings. The Morgan fingerprint density at radius 3 is 2.95 bits per heavy atom. The maximum Gasteiger partial charge on any atom is 0.339 e. The number of carboxylic acid groups (broad SMARTS) is 1. The van der Waals surface area contributed by atoms with Crippen LogP contribution in [0.2, 0.25) is 5.02 Å². The number of benzene rings is 1. The third-order valence-electron chi connectivity index (χ3n) is 2.91. The molecule has 0 bridgehead atoms. The van der Waals surface area contributed by atoms with Crippen molar-refractivity contribution in [3.05, 3.63) is 40.7 Å². The summed E-state index contributed by atoms with van der Waals surface area (Å²) in [5, 5.41) is 12.7. The number of aryl methyl sites for hydroxylation is 1. The van der Waals surface area contributed by atoms with Gasteiger partial charge < -0.3 is 10.4 Å². The third kappa shape index (κ3) is 2.53. The van der Waals surface area contributed by atoms with Gasteiger partial charge in [0.2, 0.25) is 0 Å². The van der Waals surface area contributed by atoms with E-state index in [1.165, 1.54) is 6.20 Å². The normalized spacial score (nSPS) is 10.8. The fourth-order valence-corrected chi connectivity index (χ4v) is 2.66. The van der Waals surface area contributed by atoms with E-state index in [9.17, 15) is 9.90 Å². The highest BCUT2D eigenvalue weighted by Gasteiger charge is 2.15. The SMILES string of the molecule is Cc1cc(Nc2c(Cl)ccc3nsnc23)c(C(=O)O)cn1. The van der Waals surface area contributed by atoms with Gasteiger partial charge in [-0.2, -0.15) is 8.75 Å². The molecule has 0 radical (unpaired) electrons. The number of anilines is 2. The molecule has 0 atom stereocenters. The van der Waals surface area contributed by atoms with E-state index in [-0.39, 0.29) is 5.56 Å². The second kappa shape index (κ2) is 5.27. The fourth-order valence-electron chi connectivity index (χ4n) is 1.91. The average Bonchev–Trinajstić information content (AvgIpc) is 2.90. The van der Waals surface area contributed by atoms with Gasteiger partial charge in [0.05, 0.1) is 28.1 Å². The first-order valence-corrected chi connectivity index (χ1v) is 7.05. The van der Waals surface area contributed by atoms with Crippen molar-refractivity contribution in [3.8, 4) is 0 Å². The molecule has 0 amide bonds. The summed E-state index contributed by atoms with van der Waals surface area (Å²) in [5.41, 5.74) is 3.03. The molecular weight excluding hydrogens is 312 g/mol. The molecule has 8 heteroatoms. The number of hydrogen-bond acceptors (Lipinski definition) is 6. The number of nitrogens with zero attached hydrogens (tertiary/aromatic N) is 3. The van der Waals surface area contributed by atoms with Crippen LogP contribution >= 0.6 is 23.3 Å². The van der Waals surface area contributed by atoms with Crippen molar-refractivity contribution in [2.45, 2.75) is 6.92 Å². The van der Waals surface area contributed by atoms with Gasteiger partial charge >= 0.3 is 5.97 Å². The number of hydrogen-bond donors (Lipinski definition) is 2. The van der Waals surface area contributed by atoms with Crippen molar-refractivity contribution in [2.75, 3.05) is 5.32 Å². The van der Waals surface area contributed by atoms with Crippen LogP contribution in [0.3, 0.4) is 0 Å². The number of carboxylic acids is 1. The molecule has 0 saturated carbocycles. The zero-order valence-electron chi connectivity index (χ0n) is 10.8. The summed E-state index contributed by atoms with van der Waals surface area (Å²) < 4.78 is 8.33. The van der Waals surface area contributed by atoms with Gasteiger partial charge in [0.15, 0.2) is 0 Å². The number of nitrogens with one attached hydrogen (secondary N) is 1. The standard InChI is InChI=1S/C13H9ClN4O2S/c1-6-4-10(7(5-15-6)13(19)20)16-11-8(14)2-3-9-12(11)18-21-17-9/h2-5H,1H3,(H,15,16)(H,19,20). The Morgan fingerprint density at radius 2 is 2.19 bits per heavy atom. The lowest BCUT2D eigenvalue weighted by molar-refractivity contribution is 0.0697. The Kier molecular flexibility index (Phi) is 3.44. The van der Waals surface area contributed by atoms with E-state index in [0.717, 1.165) is 11.7 Å². The highest BCUT2D eigenvalue weighted by Crippen LogP contribution is 2.33. The molecule has 6 nitrogen and oxygen atoms in total. The molecule has 0 aliphatic rings. The summed E-state index contributed by atoms with van der Waals surface area (Å²) in [5.74, 6) is -1.07. The highest BCUT2D eigenvalue weighted by atomic mass is 35.5. The van der Waals surface area contributed by atoms with Gasteiger partial charge in [-0.15, -0.1) is 0 Å². The predicted molar refractivity (Wildman–Crippen MR) is 81.6 cm³/mol. The van der Waals surface area contributed by atoms with Crippen molar-refractivity contribution in [3.63, 3.8) is 0 Å². The van der Waals surface area contributed by atoms with Gasteiger partial charge in [-0.3, -0.25) is 4.98 Å². The van der Waals surface area contributed by atoms with Crippen LogP contribution in [-0.4, -0.2) is 24.8 Å². The van der Waals surface area contributed by atoms with E-state index in [0.29, 0.717) is 33.1 Å². The van der Waals surface area contributed by atoms with E-state index in [1.54, 1.807) is 25.1 Å². The lowest BCUT2D eigenvalue weighted by Crippen LogP contribution is -2.05. The summed E-state index contributed by atoms with van der Waals surface area (Å²) in [6.45, 7) is 1.78. The first kappa shape index (κ1) is 13.7. The lowest BCUT2D eigenvalue weighted by atomic mass is 10.2. The molecule has 2 N–H and O–H groups in total. The fraction of sp³-hybridized carbons (Fsp3) is 0.0769. The van der Waals surface area contributed by atoms with Crippen molar-refractivity contribution in [1.29, 1.82) is 0 Å². The average molecular weight is 321 g/mol. The van der Waals surface area contributed by atoms with Crippen LogP contribution in [-0.2, 0) is 0 Å². The highest BCUT2D eigenvalue weighted by molar-refractivity contribution is 7.00. The molecule has 2 aromatic heterocycles. The Balaban J connectivity index is 2.14. The van der Waals surface area contributed by atoms with E-state index in [4.69, 9.17) is 11.6 Å². The van der Waals surface area contributed by atoms with Gasteiger partial charge in [-0.1, -0.05) is 11.6 Å². The largest absolute Gasteiger partial charge is 0.478 e. The molecule has 0 aliphatic heterocycles.